The maximum absolute atomic E-state index is 12.6. The highest BCUT2D eigenvalue weighted by Gasteiger charge is 2.26. The number of carbonyl (C=O) groups is 1. The zero-order chi connectivity index (χ0) is 18.6. The van der Waals surface area contributed by atoms with Gasteiger partial charge in [-0.15, -0.1) is 0 Å². The highest BCUT2D eigenvalue weighted by molar-refractivity contribution is 9.10. The van der Waals surface area contributed by atoms with E-state index in [1.807, 2.05) is 30.3 Å². The zero-order valence-electron chi connectivity index (χ0n) is 14.5. The third-order valence-electron chi connectivity index (χ3n) is 4.61. The van der Waals surface area contributed by atoms with Gasteiger partial charge >= 0.3 is 0 Å². The Balaban J connectivity index is 1.38. The highest BCUT2D eigenvalue weighted by Crippen LogP contribution is 2.26. The number of aromatic nitrogens is 5. The van der Waals surface area contributed by atoms with Gasteiger partial charge in [-0.05, 0) is 40.9 Å². The molecule has 4 rings (SSSR count). The molecule has 0 unspecified atom stereocenters. The molecular weight excluding hydrogens is 410 g/mol. The van der Waals surface area contributed by atoms with Crippen molar-refractivity contribution in [1.82, 2.24) is 24.7 Å². The minimum atomic E-state index is -0.00928. The Morgan fingerprint density at radius 3 is 2.63 bits per heavy atom. The van der Waals surface area contributed by atoms with Crippen LogP contribution < -0.4 is 10.2 Å². The second-order valence-corrected chi connectivity index (χ2v) is 7.16. The average Bonchev–Trinajstić information content (AvgIpc) is 3.25. The van der Waals surface area contributed by atoms with Crippen LogP contribution in [0.25, 0.3) is 5.82 Å². The molecule has 3 heterocycles. The van der Waals surface area contributed by atoms with E-state index in [-0.39, 0.29) is 11.8 Å². The van der Waals surface area contributed by atoms with Crippen LogP contribution in [0.2, 0.25) is 0 Å². The zero-order valence-corrected chi connectivity index (χ0v) is 16.1. The summed E-state index contributed by atoms with van der Waals surface area (Å²) in [5.74, 6) is 1.56. The lowest BCUT2D eigenvalue weighted by Gasteiger charge is -2.32. The van der Waals surface area contributed by atoms with E-state index in [1.54, 1.807) is 11.0 Å². The van der Waals surface area contributed by atoms with Gasteiger partial charge in [-0.3, -0.25) is 4.79 Å². The molecule has 1 N–H and O–H groups in total. The molecule has 27 heavy (non-hydrogen) atoms. The summed E-state index contributed by atoms with van der Waals surface area (Å²) in [7, 11) is 0. The number of rotatable bonds is 4. The summed E-state index contributed by atoms with van der Waals surface area (Å²) >= 11 is 3.46. The third kappa shape index (κ3) is 3.97. The molecule has 138 valence electrons. The lowest BCUT2D eigenvalue weighted by Crippen LogP contribution is -2.38. The van der Waals surface area contributed by atoms with Crippen molar-refractivity contribution in [2.45, 2.75) is 12.8 Å². The van der Waals surface area contributed by atoms with Gasteiger partial charge in [-0.25, -0.2) is 19.6 Å². The summed E-state index contributed by atoms with van der Waals surface area (Å²) in [6.45, 7) is 1.53. The number of nitrogens with one attached hydrogen (secondary N) is 1. The van der Waals surface area contributed by atoms with Gasteiger partial charge in [0.2, 0.25) is 5.91 Å². The summed E-state index contributed by atoms with van der Waals surface area (Å²) in [6.07, 6.45) is 6.15. The van der Waals surface area contributed by atoms with Gasteiger partial charge in [-0.2, -0.15) is 5.10 Å². The monoisotopic (exact) mass is 427 g/mol. The lowest BCUT2D eigenvalue weighted by molar-refractivity contribution is -0.120. The van der Waals surface area contributed by atoms with Crippen LogP contribution in [0.15, 0.2) is 53.8 Å². The normalized spacial score (nSPS) is 14.9. The fraction of sp³-hybridized carbons (Fsp3) is 0.278. The van der Waals surface area contributed by atoms with E-state index in [9.17, 15) is 4.79 Å². The fourth-order valence-corrected chi connectivity index (χ4v) is 3.51. The number of hydrogen-bond acceptors (Lipinski definition) is 6. The van der Waals surface area contributed by atoms with Crippen molar-refractivity contribution in [3.63, 3.8) is 0 Å². The van der Waals surface area contributed by atoms with Crippen molar-refractivity contribution in [2.75, 3.05) is 23.3 Å². The molecule has 0 saturated carbocycles. The van der Waals surface area contributed by atoms with Crippen LogP contribution in [0.4, 0.5) is 11.5 Å². The standard InChI is InChI=1S/C18H18BrN7O/c19-14-3-1-2-4-15(14)24-18(27)13-5-7-25(8-6-13)16-9-17(22-11-21-16)26-12-20-10-23-26/h1-4,9-13H,5-8H2,(H,24,27). The second kappa shape index (κ2) is 7.83. The maximum Gasteiger partial charge on any atom is 0.227 e. The molecule has 1 saturated heterocycles. The van der Waals surface area contributed by atoms with Crippen LogP contribution in [-0.2, 0) is 4.79 Å². The Bertz CT molecular complexity index is 923. The number of anilines is 2. The van der Waals surface area contributed by atoms with Crippen molar-refractivity contribution in [3.05, 3.63) is 53.8 Å². The number of halogens is 1. The van der Waals surface area contributed by atoms with E-state index >= 15 is 0 Å². The van der Waals surface area contributed by atoms with Crippen LogP contribution in [0.5, 0.6) is 0 Å². The predicted molar refractivity (Wildman–Crippen MR) is 105 cm³/mol. The van der Waals surface area contributed by atoms with Gasteiger partial charge in [-0.1, -0.05) is 12.1 Å². The van der Waals surface area contributed by atoms with E-state index in [2.05, 4.69) is 46.2 Å². The van der Waals surface area contributed by atoms with Crippen molar-refractivity contribution < 1.29 is 4.79 Å². The average molecular weight is 428 g/mol. The Kier molecular flexibility index (Phi) is 5.10. The molecule has 0 bridgehead atoms. The van der Waals surface area contributed by atoms with Gasteiger partial charge < -0.3 is 10.2 Å². The van der Waals surface area contributed by atoms with E-state index in [0.717, 1.165) is 41.9 Å². The quantitative estimate of drug-likeness (QED) is 0.688. The Hall–Kier alpha value is -2.81. The summed E-state index contributed by atoms with van der Waals surface area (Å²) in [5, 5.41) is 7.11. The third-order valence-corrected chi connectivity index (χ3v) is 5.30. The minimum absolute atomic E-state index is 0.00928. The predicted octanol–water partition coefficient (Wildman–Crippen LogP) is 2.67. The summed E-state index contributed by atoms with van der Waals surface area (Å²) in [4.78, 5) is 27.3. The van der Waals surface area contributed by atoms with Crippen LogP contribution in [0, 0.1) is 5.92 Å². The van der Waals surface area contributed by atoms with Crippen LogP contribution >= 0.6 is 15.9 Å². The lowest BCUT2D eigenvalue weighted by atomic mass is 9.96. The number of carbonyl (C=O) groups excluding carboxylic acids is 1. The molecule has 1 aliphatic heterocycles. The van der Waals surface area contributed by atoms with E-state index in [4.69, 9.17) is 0 Å². The summed E-state index contributed by atoms with van der Waals surface area (Å²) in [6, 6.07) is 9.53. The molecule has 1 fully saturated rings. The Morgan fingerprint density at radius 2 is 1.89 bits per heavy atom. The van der Waals surface area contributed by atoms with Crippen LogP contribution in [-0.4, -0.2) is 43.7 Å². The molecule has 2 aromatic heterocycles. The number of amides is 1. The van der Waals surface area contributed by atoms with Gasteiger partial charge in [0, 0.05) is 29.5 Å². The summed E-state index contributed by atoms with van der Waals surface area (Å²) < 4.78 is 2.49. The van der Waals surface area contributed by atoms with Crippen molar-refractivity contribution in [1.29, 1.82) is 0 Å². The smallest absolute Gasteiger partial charge is 0.227 e. The van der Waals surface area contributed by atoms with E-state index in [1.165, 1.54) is 12.7 Å². The first kappa shape index (κ1) is 17.6. The molecule has 8 nitrogen and oxygen atoms in total. The van der Waals surface area contributed by atoms with E-state index < -0.39 is 0 Å². The number of hydrogen-bond donors (Lipinski definition) is 1. The van der Waals surface area contributed by atoms with Gasteiger partial charge in [0.1, 0.15) is 24.8 Å². The van der Waals surface area contributed by atoms with Crippen LogP contribution in [0.1, 0.15) is 12.8 Å². The van der Waals surface area contributed by atoms with Crippen molar-refractivity contribution in [2.24, 2.45) is 5.92 Å². The highest BCUT2D eigenvalue weighted by atomic mass is 79.9. The first-order chi connectivity index (χ1) is 13.2. The molecule has 1 aliphatic rings. The van der Waals surface area contributed by atoms with E-state index in [0.29, 0.717) is 5.82 Å². The second-order valence-electron chi connectivity index (χ2n) is 6.30. The van der Waals surface area contributed by atoms with Crippen molar-refractivity contribution in [3.8, 4) is 5.82 Å². The molecule has 0 aliphatic carbocycles. The van der Waals surface area contributed by atoms with Crippen LogP contribution in [0.3, 0.4) is 0 Å². The van der Waals surface area contributed by atoms with Gasteiger partial charge in [0.05, 0.1) is 5.69 Å². The number of para-hydroxylation sites is 1. The molecule has 1 amide bonds. The molecule has 3 aromatic rings. The topological polar surface area (TPSA) is 88.8 Å². The first-order valence-electron chi connectivity index (χ1n) is 8.68. The Labute approximate surface area is 164 Å². The molecule has 0 radical (unpaired) electrons. The number of nitrogens with zero attached hydrogens (tertiary/aromatic N) is 6. The van der Waals surface area contributed by atoms with Crippen molar-refractivity contribution >= 4 is 33.3 Å². The largest absolute Gasteiger partial charge is 0.356 e. The first-order valence-corrected chi connectivity index (χ1v) is 9.47. The molecule has 0 atom stereocenters. The Morgan fingerprint density at radius 1 is 1.11 bits per heavy atom. The molecule has 0 spiro atoms. The maximum atomic E-state index is 12.6. The summed E-state index contributed by atoms with van der Waals surface area (Å²) in [5.41, 5.74) is 0.804. The molecule has 1 aromatic carbocycles. The van der Waals surface area contributed by atoms with Gasteiger partial charge in [0.25, 0.3) is 0 Å². The fourth-order valence-electron chi connectivity index (χ4n) is 3.13. The molecule has 9 heteroatoms. The minimum Gasteiger partial charge on any atom is -0.356 e. The number of piperidine rings is 1. The SMILES string of the molecule is O=C(Nc1ccccc1Br)C1CCN(c2cc(-n3cncn3)ncn2)CC1. The van der Waals surface area contributed by atoms with Gasteiger partial charge in [0.15, 0.2) is 5.82 Å². The number of benzene rings is 1. The molecular formula is C18H18BrN7O.